The zero-order valence-corrected chi connectivity index (χ0v) is 15.7. The van der Waals surface area contributed by atoms with Crippen LogP contribution >= 0.6 is 0 Å². The van der Waals surface area contributed by atoms with E-state index in [0.717, 1.165) is 39.9 Å². The van der Waals surface area contributed by atoms with Crippen LogP contribution in [0.5, 0.6) is 0 Å². The van der Waals surface area contributed by atoms with Gasteiger partial charge in [-0.25, -0.2) is 0 Å². The first-order valence-corrected chi connectivity index (χ1v) is 9.53. The number of hydrogen-bond acceptors (Lipinski definition) is 3. The van der Waals surface area contributed by atoms with E-state index in [9.17, 15) is 0 Å². The molecule has 5 rings (SSSR count). The molecule has 0 aliphatic heterocycles. The van der Waals surface area contributed by atoms with E-state index in [-0.39, 0.29) is 0 Å². The van der Waals surface area contributed by atoms with Crippen molar-refractivity contribution in [2.24, 2.45) is 0 Å². The van der Waals surface area contributed by atoms with Crippen LogP contribution < -0.4 is 4.90 Å². The highest BCUT2D eigenvalue weighted by Crippen LogP contribution is 2.36. The van der Waals surface area contributed by atoms with E-state index in [1.807, 2.05) is 36.4 Å². The second-order valence-electron chi connectivity index (χ2n) is 6.69. The van der Waals surface area contributed by atoms with Gasteiger partial charge in [0.05, 0.1) is 6.26 Å². The lowest BCUT2D eigenvalue weighted by molar-refractivity contribution is 0.531. The summed E-state index contributed by atoms with van der Waals surface area (Å²) in [5.41, 5.74) is 4.34. The lowest BCUT2D eigenvalue weighted by Crippen LogP contribution is -2.09. The molecule has 0 radical (unpaired) electrons. The number of anilines is 3. The molecule has 0 aliphatic carbocycles. The maximum Gasteiger partial charge on any atom is 0.170 e. The van der Waals surface area contributed by atoms with Gasteiger partial charge >= 0.3 is 0 Å². The van der Waals surface area contributed by atoms with Gasteiger partial charge in [0, 0.05) is 22.6 Å². The second-order valence-corrected chi connectivity index (χ2v) is 6.69. The van der Waals surface area contributed by atoms with Gasteiger partial charge in [0.15, 0.2) is 11.5 Å². The molecular formula is C26H19NO2. The Hall–Kier alpha value is -3.98. The third-order valence-corrected chi connectivity index (χ3v) is 4.81. The van der Waals surface area contributed by atoms with Crippen molar-refractivity contribution in [3.63, 3.8) is 0 Å². The number of nitrogens with zero attached hydrogens (tertiary/aromatic N) is 1. The summed E-state index contributed by atoms with van der Waals surface area (Å²) in [5, 5.41) is 0. The van der Waals surface area contributed by atoms with Crippen LogP contribution in [0.2, 0.25) is 0 Å². The number of rotatable bonds is 5. The summed E-state index contributed by atoms with van der Waals surface area (Å²) in [6.45, 7) is 0. The number of benzene rings is 3. The van der Waals surface area contributed by atoms with Gasteiger partial charge < -0.3 is 13.7 Å². The summed E-state index contributed by atoms with van der Waals surface area (Å²) in [5.74, 6) is 2.27. The van der Waals surface area contributed by atoms with E-state index in [1.54, 1.807) is 6.26 Å². The first-order chi connectivity index (χ1) is 14.4. The first-order valence-electron chi connectivity index (χ1n) is 9.53. The number of furan rings is 2. The van der Waals surface area contributed by atoms with Gasteiger partial charge in [0.2, 0.25) is 0 Å². The lowest BCUT2D eigenvalue weighted by atomic mass is 10.1. The van der Waals surface area contributed by atoms with Crippen molar-refractivity contribution >= 4 is 17.1 Å². The first kappa shape index (κ1) is 17.1. The molecule has 3 nitrogen and oxygen atoms in total. The predicted octanol–water partition coefficient (Wildman–Crippen LogP) is 7.68. The zero-order valence-electron chi connectivity index (χ0n) is 15.7. The van der Waals surface area contributed by atoms with Gasteiger partial charge in [-0.05, 0) is 72.8 Å². The standard InChI is InChI=1S/C26H19NO2/c1-3-8-21(9-4-1)27(22-10-5-2-6-11-22)23-15-13-20(14-16-23)24-17-18-26(29-24)25-12-7-19-28-25/h1-19H. The molecule has 3 aromatic carbocycles. The maximum absolute atomic E-state index is 5.98. The van der Waals surface area contributed by atoms with E-state index < -0.39 is 0 Å². The van der Waals surface area contributed by atoms with Crippen molar-refractivity contribution in [1.82, 2.24) is 0 Å². The van der Waals surface area contributed by atoms with Gasteiger partial charge in [-0.15, -0.1) is 0 Å². The molecule has 0 amide bonds. The normalized spacial score (nSPS) is 10.8. The molecule has 0 N–H and O–H groups in total. The van der Waals surface area contributed by atoms with E-state index >= 15 is 0 Å². The van der Waals surface area contributed by atoms with E-state index in [0.29, 0.717) is 0 Å². The second kappa shape index (κ2) is 7.56. The molecule has 0 bridgehead atoms. The summed E-state index contributed by atoms with van der Waals surface area (Å²) in [6.07, 6.45) is 1.65. The minimum absolute atomic E-state index is 0.726. The fourth-order valence-electron chi connectivity index (χ4n) is 3.42. The predicted molar refractivity (Wildman–Crippen MR) is 117 cm³/mol. The topological polar surface area (TPSA) is 29.5 Å². The van der Waals surface area contributed by atoms with Gasteiger partial charge in [-0.2, -0.15) is 0 Å². The average molecular weight is 377 g/mol. The molecule has 5 aromatic rings. The average Bonchev–Trinajstić information content (AvgIpc) is 3.48. The van der Waals surface area contributed by atoms with Crippen LogP contribution in [-0.4, -0.2) is 0 Å². The van der Waals surface area contributed by atoms with Crippen LogP contribution in [0.1, 0.15) is 0 Å². The lowest BCUT2D eigenvalue weighted by Gasteiger charge is -2.25. The van der Waals surface area contributed by atoms with Crippen molar-refractivity contribution in [2.75, 3.05) is 4.90 Å². The van der Waals surface area contributed by atoms with Crippen molar-refractivity contribution in [3.8, 4) is 22.8 Å². The Morgan fingerprint density at radius 3 is 1.62 bits per heavy atom. The Morgan fingerprint density at radius 2 is 1.03 bits per heavy atom. The van der Waals surface area contributed by atoms with Crippen LogP contribution in [0.4, 0.5) is 17.1 Å². The van der Waals surface area contributed by atoms with E-state index in [2.05, 4.69) is 77.7 Å². The SMILES string of the molecule is c1ccc(N(c2ccccc2)c2ccc(-c3ccc(-c4ccco4)o3)cc2)cc1. The minimum Gasteiger partial charge on any atom is -0.461 e. The molecule has 2 aromatic heterocycles. The highest BCUT2D eigenvalue weighted by molar-refractivity contribution is 5.77. The minimum atomic E-state index is 0.726. The van der Waals surface area contributed by atoms with Crippen molar-refractivity contribution in [3.05, 3.63) is 115 Å². The quantitative estimate of drug-likeness (QED) is 0.314. The molecule has 0 unspecified atom stereocenters. The van der Waals surface area contributed by atoms with Gasteiger partial charge in [0.1, 0.15) is 5.76 Å². The van der Waals surface area contributed by atoms with Crippen molar-refractivity contribution < 1.29 is 8.83 Å². The molecule has 0 fully saturated rings. The molecule has 29 heavy (non-hydrogen) atoms. The Balaban J connectivity index is 1.49. The maximum atomic E-state index is 5.98. The van der Waals surface area contributed by atoms with Crippen LogP contribution in [0.3, 0.4) is 0 Å². The monoisotopic (exact) mass is 377 g/mol. The zero-order chi connectivity index (χ0) is 19.5. The summed E-state index contributed by atoms with van der Waals surface area (Å²) < 4.78 is 11.4. The Labute approximate surface area is 169 Å². The molecule has 0 atom stereocenters. The van der Waals surface area contributed by atoms with E-state index in [4.69, 9.17) is 8.83 Å². The third-order valence-electron chi connectivity index (χ3n) is 4.81. The van der Waals surface area contributed by atoms with Gasteiger partial charge in [-0.1, -0.05) is 36.4 Å². The molecule has 2 heterocycles. The molecule has 0 saturated carbocycles. The fourth-order valence-corrected chi connectivity index (χ4v) is 3.42. The van der Waals surface area contributed by atoms with E-state index in [1.165, 1.54) is 0 Å². The summed E-state index contributed by atoms with van der Waals surface area (Å²) >= 11 is 0. The van der Waals surface area contributed by atoms with Crippen LogP contribution in [0.15, 0.2) is 124 Å². The largest absolute Gasteiger partial charge is 0.461 e. The molecule has 140 valence electrons. The van der Waals surface area contributed by atoms with Crippen molar-refractivity contribution in [1.29, 1.82) is 0 Å². The highest BCUT2D eigenvalue weighted by atomic mass is 16.4. The number of hydrogen-bond donors (Lipinski definition) is 0. The van der Waals surface area contributed by atoms with Crippen LogP contribution in [-0.2, 0) is 0 Å². The Kier molecular flexibility index (Phi) is 4.47. The van der Waals surface area contributed by atoms with Crippen molar-refractivity contribution in [2.45, 2.75) is 0 Å². The molecule has 0 saturated heterocycles. The Morgan fingerprint density at radius 1 is 0.448 bits per heavy atom. The van der Waals surface area contributed by atoms with Gasteiger partial charge in [0.25, 0.3) is 0 Å². The molecule has 3 heteroatoms. The smallest absolute Gasteiger partial charge is 0.170 e. The van der Waals surface area contributed by atoms with Gasteiger partial charge in [-0.3, -0.25) is 0 Å². The fraction of sp³-hybridized carbons (Fsp3) is 0. The third kappa shape index (κ3) is 3.46. The number of para-hydroxylation sites is 2. The van der Waals surface area contributed by atoms with Crippen LogP contribution in [0, 0.1) is 0 Å². The summed E-state index contributed by atoms with van der Waals surface area (Å²) in [4.78, 5) is 2.24. The Bertz CT molecular complexity index is 1140. The summed E-state index contributed by atoms with van der Waals surface area (Å²) in [7, 11) is 0. The molecule has 0 spiro atoms. The highest BCUT2D eigenvalue weighted by Gasteiger charge is 2.13. The molecule has 0 aliphatic rings. The van der Waals surface area contributed by atoms with Crippen LogP contribution in [0.25, 0.3) is 22.8 Å². The summed E-state index contributed by atoms with van der Waals surface area (Å²) in [6, 6.07) is 36.8. The molecular weight excluding hydrogens is 358 g/mol.